The van der Waals surface area contributed by atoms with Crippen LogP contribution in [0.2, 0.25) is 0 Å². The number of nitrogens with zero attached hydrogens (tertiary/aromatic N) is 2. The Morgan fingerprint density at radius 2 is 2.28 bits per heavy atom. The molecular formula is C15H25N3. The van der Waals surface area contributed by atoms with Crippen molar-refractivity contribution in [3.63, 3.8) is 0 Å². The van der Waals surface area contributed by atoms with Crippen molar-refractivity contribution in [1.82, 2.24) is 15.2 Å². The van der Waals surface area contributed by atoms with Gasteiger partial charge in [0, 0.05) is 25.3 Å². The summed E-state index contributed by atoms with van der Waals surface area (Å²) in [6.45, 7) is 8.89. The molecule has 1 aromatic heterocycles. The normalized spacial score (nSPS) is 17.1. The Morgan fingerprint density at radius 3 is 2.89 bits per heavy atom. The van der Waals surface area contributed by atoms with E-state index in [1.165, 1.54) is 18.5 Å². The number of rotatable bonds is 8. The zero-order valence-corrected chi connectivity index (χ0v) is 11.6. The van der Waals surface area contributed by atoms with E-state index in [-0.39, 0.29) is 0 Å². The van der Waals surface area contributed by atoms with Crippen LogP contribution in [-0.4, -0.2) is 35.6 Å². The van der Waals surface area contributed by atoms with Gasteiger partial charge in [0.1, 0.15) is 0 Å². The number of nitrogens with one attached hydrogen (secondary N) is 1. The van der Waals surface area contributed by atoms with E-state index in [0.29, 0.717) is 5.92 Å². The summed E-state index contributed by atoms with van der Waals surface area (Å²) >= 11 is 0. The highest BCUT2D eigenvalue weighted by molar-refractivity contribution is 5.03. The highest BCUT2D eigenvalue weighted by atomic mass is 15.1. The fraction of sp³-hybridized carbons (Fsp3) is 0.667. The van der Waals surface area contributed by atoms with Crippen LogP contribution < -0.4 is 5.32 Å². The fourth-order valence-electron chi connectivity index (χ4n) is 2.19. The molecule has 0 aliphatic heterocycles. The molecule has 1 N–H and O–H groups in total. The molecule has 2 rings (SSSR count). The van der Waals surface area contributed by atoms with Crippen LogP contribution in [0.4, 0.5) is 0 Å². The SMILES string of the molecule is CCN(Cc1ccccn1)CC(C)CNC1CC1. The summed E-state index contributed by atoms with van der Waals surface area (Å²) in [5, 5.41) is 3.61. The molecule has 18 heavy (non-hydrogen) atoms. The molecule has 1 fully saturated rings. The average Bonchev–Trinajstić information content (AvgIpc) is 3.21. The monoisotopic (exact) mass is 247 g/mol. The molecule has 1 heterocycles. The lowest BCUT2D eigenvalue weighted by Gasteiger charge is -2.24. The average molecular weight is 247 g/mol. The van der Waals surface area contributed by atoms with Crippen molar-refractivity contribution in [2.75, 3.05) is 19.6 Å². The molecule has 3 heteroatoms. The highest BCUT2D eigenvalue weighted by Crippen LogP contribution is 2.18. The summed E-state index contributed by atoms with van der Waals surface area (Å²) < 4.78 is 0. The van der Waals surface area contributed by atoms with Crippen LogP contribution in [0.25, 0.3) is 0 Å². The van der Waals surface area contributed by atoms with E-state index in [2.05, 4.69) is 41.2 Å². The molecule has 1 unspecified atom stereocenters. The number of pyridine rings is 1. The van der Waals surface area contributed by atoms with Crippen molar-refractivity contribution in [2.45, 2.75) is 39.3 Å². The van der Waals surface area contributed by atoms with Crippen molar-refractivity contribution < 1.29 is 0 Å². The minimum Gasteiger partial charge on any atom is -0.314 e. The maximum Gasteiger partial charge on any atom is 0.0543 e. The Balaban J connectivity index is 1.73. The molecule has 0 amide bonds. The molecule has 0 spiro atoms. The van der Waals surface area contributed by atoms with E-state index < -0.39 is 0 Å². The van der Waals surface area contributed by atoms with E-state index in [4.69, 9.17) is 0 Å². The van der Waals surface area contributed by atoms with Crippen LogP contribution in [0, 0.1) is 5.92 Å². The molecule has 0 aromatic carbocycles. The smallest absolute Gasteiger partial charge is 0.0543 e. The maximum absolute atomic E-state index is 4.40. The van der Waals surface area contributed by atoms with Gasteiger partial charge in [-0.15, -0.1) is 0 Å². The standard InChI is InChI=1S/C15H25N3/c1-3-18(12-15-6-4-5-9-16-15)11-13(2)10-17-14-7-8-14/h4-6,9,13-14,17H,3,7-8,10-12H2,1-2H3. The fourth-order valence-corrected chi connectivity index (χ4v) is 2.19. The maximum atomic E-state index is 4.40. The van der Waals surface area contributed by atoms with Gasteiger partial charge in [0.15, 0.2) is 0 Å². The van der Waals surface area contributed by atoms with Gasteiger partial charge >= 0.3 is 0 Å². The highest BCUT2D eigenvalue weighted by Gasteiger charge is 2.21. The first-order valence-electron chi connectivity index (χ1n) is 7.13. The van der Waals surface area contributed by atoms with Gasteiger partial charge in [-0.2, -0.15) is 0 Å². The zero-order chi connectivity index (χ0) is 12.8. The zero-order valence-electron chi connectivity index (χ0n) is 11.6. The minimum atomic E-state index is 0.703. The summed E-state index contributed by atoms with van der Waals surface area (Å²) in [6, 6.07) is 6.96. The third kappa shape index (κ3) is 4.75. The Labute approximate surface area is 111 Å². The Bertz CT molecular complexity index is 335. The Kier molecular flexibility index (Phi) is 5.14. The summed E-state index contributed by atoms with van der Waals surface area (Å²) in [7, 11) is 0. The van der Waals surface area contributed by atoms with Crippen LogP contribution in [0.3, 0.4) is 0 Å². The molecule has 1 aliphatic rings. The van der Waals surface area contributed by atoms with Crippen molar-refractivity contribution >= 4 is 0 Å². The van der Waals surface area contributed by atoms with Crippen LogP contribution in [0.1, 0.15) is 32.4 Å². The van der Waals surface area contributed by atoms with Gasteiger partial charge in [-0.1, -0.05) is 19.9 Å². The first kappa shape index (κ1) is 13.5. The third-order valence-electron chi connectivity index (χ3n) is 3.46. The van der Waals surface area contributed by atoms with E-state index in [1.807, 2.05) is 12.3 Å². The van der Waals surface area contributed by atoms with E-state index in [1.54, 1.807) is 0 Å². The molecule has 1 aromatic rings. The summed E-state index contributed by atoms with van der Waals surface area (Å²) in [5.41, 5.74) is 1.17. The number of hydrogen-bond acceptors (Lipinski definition) is 3. The van der Waals surface area contributed by atoms with Crippen molar-refractivity contribution in [1.29, 1.82) is 0 Å². The van der Waals surface area contributed by atoms with Gasteiger partial charge in [0.25, 0.3) is 0 Å². The van der Waals surface area contributed by atoms with Crippen LogP contribution in [0.5, 0.6) is 0 Å². The Morgan fingerprint density at radius 1 is 1.44 bits per heavy atom. The second-order valence-electron chi connectivity index (χ2n) is 5.44. The summed E-state index contributed by atoms with van der Waals surface area (Å²) in [5.74, 6) is 0.703. The van der Waals surface area contributed by atoms with Gasteiger partial charge in [-0.05, 0) is 44.0 Å². The van der Waals surface area contributed by atoms with Crippen molar-refractivity contribution in [2.24, 2.45) is 5.92 Å². The van der Waals surface area contributed by atoms with Gasteiger partial charge < -0.3 is 5.32 Å². The van der Waals surface area contributed by atoms with Gasteiger partial charge in [-0.25, -0.2) is 0 Å². The third-order valence-corrected chi connectivity index (χ3v) is 3.46. The molecule has 0 bridgehead atoms. The molecule has 1 atom stereocenters. The van der Waals surface area contributed by atoms with Crippen molar-refractivity contribution in [3.05, 3.63) is 30.1 Å². The molecule has 3 nitrogen and oxygen atoms in total. The van der Waals surface area contributed by atoms with Crippen LogP contribution >= 0.6 is 0 Å². The van der Waals surface area contributed by atoms with E-state index in [9.17, 15) is 0 Å². The summed E-state index contributed by atoms with van der Waals surface area (Å²) in [6.07, 6.45) is 4.62. The lowest BCUT2D eigenvalue weighted by atomic mass is 10.1. The first-order chi connectivity index (χ1) is 8.78. The molecule has 100 valence electrons. The molecule has 1 saturated carbocycles. The van der Waals surface area contributed by atoms with Crippen LogP contribution in [-0.2, 0) is 6.54 Å². The second kappa shape index (κ2) is 6.86. The van der Waals surface area contributed by atoms with Crippen LogP contribution in [0.15, 0.2) is 24.4 Å². The summed E-state index contributed by atoms with van der Waals surface area (Å²) in [4.78, 5) is 6.87. The largest absolute Gasteiger partial charge is 0.314 e. The lowest BCUT2D eigenvalue weighted by Crippen LogP contribution is -2.33. The first-order valence-corrected chi connectivity index (χ1v) is 7.13. The predicted molar refractivity (Wildman–Crippen MR) is 75.4 cm³/mol. The number of hydrogen-bond donors (Lipinski definition) is 1. The van der Waals surface area contributed by atoms with Gasteiger partial charge in [0.05, 0.1) is 5.69 Å². The molecule has 1 aliphatic carbocycles. The lowest BCUT2D eigenvalue weighted by molar-refractivity contribution is 0.235. The van der Waals surface area contributed by atoms with E-state index in [0.717, 1.165) is 32.2 Å². The molecule has 0 saturated heterocycles. The van der Waals surface area contributed by atoms with E-state index >= 15 is 0 Å². The second-order valence-corrected chi connectivity index (χ2v) is 5.44. The Hall–Kier alpha value is -0.930. The predicted octanol–water partition coefficient (Wildman–Crippen LogP) is 2.29. The minimum absolute atomic E-state index is 0.703. The molecule has 0 radical (unpaired) electrons. The number of aromatic nitrogens is 1. The quantitative estimate of drug-likeness (QED) is 0.764. The van der Waals surface area contributed by atoms with Crippen molar-refractivity contribution in [3.8, 4) is 0 Å². The van der Waals surface area contributed by atoms with Gasteiger partial charge in [-0.3, -0.25) is 9.88 Å². The topological polar surface area (TPSA) is 28.2 Å². The van der Waals surface area contributed by atoms with Gasteiger partial charge in [0.2, 0.25) is 0 Å². The molecular weight excluding hydrogens is 222 g/mol.